The molecular weight excluding hydrogens is 460 g/mol. The molecule has 0 saturated heterocycles. The first-order valence-electron chi connectivity index (χ1n) is 15.0. The van der Waals surface area contributed by atoms with Gasteiger partial charge in [0.05, 0.1) is 20.1 Å². The summed E-state index contributed by atoms with van der Waals surface area (Å²) in [6, 6.07) is 0. The molecule has 0 bridgehead atoms. The second kappa shape index (κ2) is 15.0. The molecule has 1 heterocycles. The van der Waals surface area contributed by atoms with E-state index in [0.717, 1.165) is 65.2 Å². The van der Waals surface area contributed by atoms with Crippen LogP contribution >= 0.6 is 0 Å². The van der Waals surface area contributed by atoms with Crippen LogP contribution in [-0.4, -0.2) is 25.3 Å². The average Bonchev–Trinajstić information content (AvgIpc) is 2.84. The second-order valence-corrected chi connectivity index (χ2v) is 12.6. The molecule has 4 heteroatoms. The molecule has 1 aromatic rings. The van der Waals surface area contributed by atoms with E-state index in [1.54, 1.807) is 0 Å². The zero-order valence-corrected chi connectivity index (χ0v) is 25.6. The van der Waals surface area contributed by atoms with Gasteiger partial charge in [0.25, 0.3) is 0 Å². The largest absolute Gasteiger partial charge is 0.492 e. The minimum atomic E-state index is -0.245. The Kier molecular flexibility index (Phi) is 12.8. The van der Waals surface area contributed by atoms with E-state index in [9.17, 15) is 4.79 Å². The van der Waals surface area contributed by atoms with E-state index >= 15 is 0 Å². The van der Waals surface area contributed by atoms with Gasteiger partial charge in [0, 0.05) is 5.56 Å². The molecule has 0 unspecified atom stereocenters. The molecule has 1 aliphatic rings. The summed E-state index contributed by atoms with van der Waals surface area (Å²) in [4.78, 5) is 11.5. The molecule has 0 amide bonds. The molecule has 1 aromatic carbocycles. The highest BCUT2D eigenvalue weighted by molar-refractivity contribution is 5.69. The van der Waals surface area contributed by atoms with Crippen LogP contribution in [0.2, 0.25) is 0 Å². The lowest BCUT2D eigenvalue weighted by Crippen LogP contribution is -2.37. The SMILES string of the molecule is COC(=O)CCOc1c(C)c(C)c2c(c1C)CC[C@@](C)(CCC[C@H](C)CCC[C@H](C)CCCC(C)C)O2. The maximum atomic E-state index is 11.5. The Balaban J connectivity index is 1.83. The summed E-state index contributed by atoms with van der Waals surface area (Å²) in [5.74, 6) is 4.21. The molecule has 0 radical (unpaired) electrons. The minimum Gasteiger partial charge on any atom is -0.492 e. The first-order valence-corrected chi connectivity index (χ1v) is 15.0. The van der Waals surface area contributed by atoms with Crippen LogP contribution < -0.4 is 9.47 Å². The van der Waals surface area contributed by atoms with Gasteiger partial charge in [-0.2, -0.15) is 0 Å². The van der Waals surface area contributed by atoms with Crippen LogP contribution in [0, 0.1) is 38.5 Å². The fourth-order valence-electron chi connectivity index (χ4n) is 5.82. The van der Waals surface area contributed by atoms with Crippen molar-refractivity contribution in [3.8, 4) is 11.5 Å². The summed E-state index contributed by atoms with van der Waals surface area (Å²) in [7, 11) is 1.41. The lowest BCUT2D eigenvalue weighted by atomic mass is 9.83. The van der Waals surface area contributed by atoms with Gasteiger partial charge >= 0.3 is 5.97 Å². The fraction of sp³-hybridized carbons (Fsp3) is 0.788. The summed E-state index contributed by atoms with van der Waals surface area (Å²) in [6.45, 7) is 18.5. The van der Waals surface area contributed by atoms with Crippen molar-refractivity contribution in [1.29, 1.82) is 0 Å². The quantitative estimate of drug-likeness (QED) is 0.206. The van der Waals surface area contributed by atoms with E-state index in [1.165, 1.54) is 64.0 Å². The van der Waals surface area contributed by atoms with Crippen LogP contribution in [0.25, 0.3) is 0 Å². The summed E-state index contributed by atoms with van der Waals surface area (Å²) in [5, 5.41) is 0. The predicted molar refractivity (Wildman–Crippen MR) is 155 cm³/mol. The van der Waals surface area contributed by atoms with Gasteiger partial charge in [-0.25, -0.2) is 0 Å². The Bertz CT molecular complexity index is 859. The molecule has 37 heavy (non-hydrogen) atoms. The van der Waals surface area contributed by atoms with Crippen molar-refractivity contribution >= 4 is 5.97 Å². The Hall–Kier alpha value is -1.71. The number of hydrogen-bond donors (Lipinski definition) is 0. The summed E-state index contributed by atoms with van der Waals surface area (Å²) in [6.07, 6.45) is 14.2. The van der Waals surface area contributed by atoms with Gasteiger partial charge in [0.1, 0.15) is 17.1 Å². The molecule has 212 valence electrons. The standard InChI is InChI=1S/C33H56O4/c1-23(2)13-10-14-24(3)15-11-16-25(4)17-12-20-33(8)21-18-29-28(7)31(36-22-19-30(34)35-9)26(5)27(6)32(29)37-33/h23-25H,10-22H2,1-9H3/t24-,25-,33-/m1/s1. The van der Waals surface area contributed by atoms with E-state index in [2.05, 4.69) is 55.4 Å². The van der Waals surface area contributed by atoms with Gasteiger partial charge in [-0.3, -0.25) is 4.79 Å². The molecule has 0 aromatic heterocycles. The summed E-state index contributed by atoms with van der Waals surface area (Å²) < 4.78 is 17.5. The number of hydrogen-bond acceptors (Lipinski definition) is 4. The fourth-order valence-corrected chi connectivity index (χ4v) is 5.82. The first-order chi connectivity index (χ1) is 17.5. The molecular formula is C33H56O4. The van der Waals surface area contributed by atoms with Gasteiger partial charge in [-0.05, 0) is 87.8 Å². The summed E-state index contributed by atoms with van der Waals surface area (Å²) in [5.41, 5.74) is 4.59. The third-order valence-corrected chi connectivity index (χ3v) is 8.62. The third kappa shape index (κ3) is 9.84. The molecule has 0 N–H and O–H groups in total. The zero-order valence-electron chi connectivity index (χ0n) is 25.6. The Morgan fingerprint density at radius 2 is 1.49 bits per heavy atom. The van der Waals surface area contributed by atoms with Crippen LogP contribution in [0.5, 0.6) is 11.5 Å². The number of rotatable bonds is 16. The first kappa shape index (κ1) is 31.5. The van der Waals surface area contributed by atoms with Gasteiger partial charge in [0.2, 0.25) is 0 Å². The second-order valence-electron chi connectivity index (χ2n) is 12.6. The molecule has 1 aliphatic heterocycles. The maximum Gasteiger partial charge on any atom is 0.308 e. The average molecular weight is 517 g/mol. The van der Waals surface area contributed by atoms with Crippen molar-refractivity contribution in [2.75, 3.05) is 13.7 Å². The normalized spacial score (nSPS) is 18.8. The van der Waals surface area contributed by atoms with Crippen molar-refractivity contribution < 1.29 is 19.0 Å². The molecule has 0 saturated carbocycles. The molecule has 2 rings (SSSR count). The molecule has 0 fully saturated rings. The Morgan fingerprint density at radius 3 is 2.08 bits per heavy atom. The van der Waals surface area contributed by atoms with E-state index in [0.29, 0.717) is 6.61 Å². The zero-order chi connectivity index (χ0) is 27.6. The Morgan fingerprint density at radius 1 is 0.892 bits per heavy atom. The lowest BCUT2D eigenvalue weighted by Gasteiger charge is -2.38. The van der Waals surface area contributed by atoms with Crippen molar-refractivity contribution in [1.82, 2.24) is 0 Å². The highest BCUT2D eigenvalue weighted by Crippen LogP contribution is 2.45. The number of esters is 1. The highest BCUT2D eigenvalue weighted by atomic mass is 16.5. The number of methoxy groups -OCH3 is 1. The van der Waals surface area contributed by atoms with E-state index < -0.39 is 0 Å². The van der Waals surface area contributed by atoms with Crippen molar-refractivity contribution in [3.63, 3.8) is 0 Å². The van der Waals surface area contributed by atoms with Gasteiger partial charge in [0.15, 0.2) is 0 Å². The van der Waals surface area contributed by atoms with E-state index in [-0.39, 0.29) is 18.0 Å². The Labute approximate surface area is 228 Å². The lowest BCUT2D eigenvalue weighted by molar-refractivity contribution is -0.141. The van der Waals surface area contributed by atoms with Crippen LogP contribution in [-0.2, 0) is 16.0 Å². The van der Waals surface area contributed by atoms with Crippen LogP contribution in [0.15, 0.2) is 0 Å². The number of carbonyl (C=O) groups is 1. The highest BCUT2D eigenvalue weighted by Gasteiger charge is 2.34. The number of benzene rings is 1. The van der Waals surface area contributed by atoms with Crippen LogP contribution in [0.4, 0.5) is 0 Å². The van der Waals surface area contributed by atoms with Gasteiger partial charge < -0.3 is 14.2 Å². The van der Waals surface area contributed by atoms with E-state index in [4.69, 9.17) is 14.2 Å². The van der Waals surface area contributed by atoms with Crippen LogP contribution in [0.3, 0.4) is 0 Å². The van der Waals surface area contributed by atoms with Gasteiger partial charge in [-0.15, -0.1) is 0 Å². The number of carbonyl (C=O) groups excluding carboxylic acids is 1. The molecule has 3 atom stereocenters. The van der Waals surface area contributed by atoms with Gasteiger partial charge in [-0.1, -0.05) is 72.6 Å². The van der Waals surface area contributed by atoms with Crippen molar-refractivity contribution in [2.45, 2.75) is 138 Å². The minimum absolute atomic E-state index is 0.103. The van der Waals surface area contributed by atoms with Crippen molar-refractivity contribution in [3.05, 3.63) is 22.3 Å². The third-order valence-electron chi connectivity index (χ3n) is 8.62. The number of ether oxygens (including phenoxy) is 3. The smallest absolute Gasteiger partial charge is 0.308 e. The maximum absolute atomic E-state index is 11.5. The molecule has 0 aliphatic carbocycles. The number of fused-ring (bicyclic) bond motifs is 1. The topological polar surface area (TPSA) is 44.8 Å². The molecule has 4 nitrogen and oxygen atoms in total. The monoisotopic (exact) mass is 516 g/mol. The summed E-state index contributed by atoms with van der Waals surface area (Å²) >= 11 is 0. The van der Waals surface area contributed by atoms with Crippen LogP contribution in [0.1, 0.15) is 128 Å². The van der Waals surface area contributed by atoms with E-state index in [1.807, 2.05) is 0 Å². The predicted octanol–water partition coefficient (Wildman–Crippen LogP) is 9.08. The van der Waals surface area contributed by atoms with Crippen molar-refractivity contribution in [2.24, 2.45) is 17.8 Å². The molecule has 0 spiro atoms.